The van der Waals surface area contributed by atoms with E-state index in [4.69, 9.17) is 14.2 Å². The largest absolute Gasteiger partial charge is 0.486 e. The molecule has 1 aromatic rings. The summed E-state index contributed by atoms with van der Waals surface area (Å²) in [7, 11) is 0. The predicted molar refractivity (Wildman–Crippen MR) is 72.7 cm³/mol. The summed E-state index contributed by atoms with van der Waals surface area (Å²) >= 11 is 0. The molecular formula is C15H16O6. The molecular weight excluding hydrogens is 276 g/mol. The van der Waals surface area contributed by atoms with Crippen LogP contribution in [-0.4, -0.2) is 23.3 Å². The van der Waals surface area contributed by atoms with Crippen molar-refractivity contribution in [2.75, 3.05) is 0 Å². The van der Waals surface area contributed by atoms with Crippen molar-refractivity contribution in [2.24, 2.45) is 0 Å². The molecule has 0 atom stereocenters. The van der Waals surface area contributed by atoms with Gasteiger partial charge in [0, 0.05) is 26.0 Å². The van der Waals surface area contributed by atoms with Crippen LogP contribution in [0.3, 0.4) is 0 Å². The molecule has 0 amide bonds. The summed E-state index contributed by atoms with van der Waals surface area (Å²) in [6, 6.07) is 2.78. The number of ketones is 1. The van der Waals surface area contributed by atoms with Crippen molar-refractivity contribution < 1.29 is 28.6 Å². The van der Waals surface area contributed by atoms with Crippen LogP contribution < -0.4 is 14.2 Å². The Morgan fingerprint density at radius 2 is 1.76 bits per heavy atom. The quantitative estimate of drug-likeness (QED) is 0.614. The van der Waals surface area contributed by atoms with Gasteiger partial charge in [0.2, 0.25) is 0 Å². The van der Waals surface area contributed by atoms with Crippen molar-refractivity contribution in [1.82, 2.24) is 0 Å². The van der Waals surface area contributed by atoms with E-state index in [-0.39, 0.29) is 35.0 Å². The summed E-state index contributed by atoms with van der Waals surface area (Å²) in [6.07, 6.45) is 0.168. The van der Waals surface area contributed by atoms with Gasteiger partial charge in [0.1, 0.15) is 28.4 Å². The van der Waals surface area contributed by atoms with Gasteiger partial charge in [-0.15, -0.1) is 0 Å². The number of carbonyl (C=O) groups excluding carboxylic acids is 3. The Morgan fingerprint density at radius 1 is 1.14 bits per heavy atom. The number of carbonyl (C=O) groups is 3. The zero-order valence-corrected chi connectivity index (χ0v) is 12.3. The summed E-state index contributed by atoms with van der Waals surface area (Å²) in [5, 5.41) is 0. The van der Waals surface area contributed by atoms with Gasteiger partial charge >= 0.3 is 11.9 Å². The Morgan fingerprint density at radius 3 is 2.33 bits per heavy atom. The molecule has 0 saturated heterocycles. The number of benzene rings is 1. The van der Waals surface area contributed by atoms with E-state index in [9.17, 15) is 14.4 Å². The molecule has 6 nitrogen and oxygen atoms in total. The highest BCUT2D eigenvalue weighted by atomic mass is 16.5. The normalized spacial score (nSPS) is 15.7. The van der Waals surface area contributed by atoms with Crippen LogP contribution in [-0.2, 0) is 9.59 Å². The van der Waals surface area contributed by atoms with Crippen molar-refractivity contribution in [3.63, 3.8) is 0 Å². The van der Waals surface area contributed by atoms with E-state index in [2.05, 4.69) is 0 Å². The fraction of sp³-hybridized carbons (Fsp3) is 0.400. The van der Waals surface area contributed by atoms with E-state index in [0.717, 1.165) is 0 Å². The molecule has 0 radical (unpaired) electrons. The van der Waals surface area contributed by atoms with Crippen molar-refractivity contribution in [2.45, 2.75) is 39.7 Å². The fourth-order valence-corrected chi connectivity index (χ4v) is 2.19. The molecule has 0 fully saturated rings. The Hall–Kier alpha value is -2.37. The summed E-state index contributed by atoms with van der Waals surface area (Å²) in [5.74, 6) is -0.849. The third-order valence-corrected chi connectivity index (χ3v) is 2.81. The van der Waals surface area contributed by atoms with Crippen molar-refractivity contribution in [3.05, 3.63) is 17.7 Å². The Balaban J connectivity index is 2.56. The second-order valence-electron chi connectivity index (χ2n) is 5.44. The third kappa shape index (κ3) is 3.39. The topological polar surface area (TPSA) is 78.9 Å². The molecule has 0 saturated carbocycles. The molecule has 0 spiro atoms. The van der Waals surface area contributed by atoms with E-state index < -0.39 is 17.5 Å². The van der Waals surface area contributed by atoms with Gasteiger partial charge in [-0.2, -0.15) is 0 Å². The number of esters is 2. The highest BCUT2D eigenvalue weighted by molar-refractivity contribution is 6.03. The molecule has 112 valence electrons. The van der Waals surface area contributed by atoms with Crippen LogP contribution in [0, 0.1) is 0 Å². The lowest BCUT2D eigenvalue weighted by molar-refractivity contribution is -0.132. The van der Waals surface area contributed by atoms with Crippen LogP contribution in [0.25, 0.3) is 0 Å². The van der Waals surface area contributed by atoms with Crippen LogP contribution in [0.2, 0.25) is 0 Å². The molecule has 1 aromatic carbocycles. The first-order valence-corrected chi connectivity index (χ1v) is 6.45. The summed E-state index contributed by atoms with van der Waals surface area (Å²) < 4.78 is 15.8. The van der Waals surface area contributed by atoms with E-state index in [1.165, 1.54) is 26.0 Å². The maximum absolute atomic E-state index is 12.3. The summed E-state index contributed by atoms with van der Waals surface area (Å²) in [6.45, 7) is 6.03. The van der Waals surface area contributed by atoms with E-state index >= 15 is 0 Å². The SMILES string of the molecule is CC(=O)Oc1cc(OC(C)=O)c2c(c1)OC(C)(C)CC2=O. The molecule has 1 aliphatic rings. The Kier molecular flexibility index (Phi) is 3.72. The third-order valence-electron chi connectivity index (χ3n) is 2.81. The maximum Gasteiger partial charge on any atom is 0.308 e. The first-order valence-electron chi connectivity index (χ1n) is 6.45. The van der Waals surface area contributed by atoms with E-state index in [1.54, 1.807) is 13.8 Å². The lowest BCUT2D eigenvalue weighted by Gasteiger charge is -2.32. The molecule has 0 bridgehead atoms. The standard InChI is InChI=1S/C15H16O6/c1-8(16)19-10-5-12(20-9(2)17)14-11(18)7-15(3,4)21-13(14)6-10/h5-6H,7H2,1-4H3. The lowest BCUT2D eigenvalue weighted by atomic mass is 9.92. The molecule has 21 heavy (non-hydrogen) atoms. The van der Waals surface area contributed by atoms with Crippen molar-refractivity contribution in [1.29, 1.82) is 0 Å². The van der Waals surface area contributed by atoms with Crippen molar-refractivity contribution >= 4 is 17.7 Å². The minimum atomic E-state index is -0.674. The minimum absolute atomic E-state index is 0.0387. The van der Waals surface area contributed by atoms with Crippen LogP contribution in [0.15, 0.2) is 12.1 Å². The number of hydrogen-bond acceptors (Lipinski definition) is 6. The average Bonchev–Trinajstić information content (AvgIpc) is 2.23. The first-order chi connectivity index (χ1) is 9.68. The van der Waals surface area contributed by atoms with Gasteiger partial charge in [0.15, 0.2) is 5.78 Å². The molecule has 2 rings (SSSR count). The monoisotopic (exact) mass is 292 g/mol. The number of hydrogen-bond donors (Lipinski definition) is 0. The van der Waals surface area contributed by atoms with Gasteiger partial charge in [-0.1, -0.05) is 0 Å². The Bertz CT molecular complexity index is 629. The fourth-order valence-electron chi connectivity index (χ4n) is 2.19. The lowest BCUT2D eigenvalue weighted by Crippen LogP contribution is -2.36. The van der Waals surface area contributed by atoms with Gasteiger partial charge in [-0.25, -0.2) is 0 Å². The molecule has 0 aliphatic carbocycles. The highest BCUT2D eigenvalue weighted by Gasteiger charge is 2.35. The Labute approximate surface area is 122 Å². The molecule has 0 N–H and O–H groups in total. The molecule has 0 unspecified atom stereocenters. The zero-order chi connectivity index (χ0) is 15.8. The second-order valence-corrected chi connectivity index (χ2v) is 5.44. The minimum Gasteiger partial charge on any atom is -0.486 e. The summed E-state index contributed by atoms with van der Waals surface area (Å²) in [5.41, 5.74) is -0.479. The smallest absolute Gasteiger partial charge is 0.308 e. The number of fused-ring (bicyclic) bond motifs is 1. The average molecular weight is 292 g/mol. The van der Waals surface area contributed by atoms with Crippen LogP contribution in [0.5, 0.6) is 17.2 Å². The molecule has 1 aliphatic heterocycles. The molecule has 0 aromatic heterocycles. The highest BCUT2D eigenvalue weighted by Crippen LogP contribution is 2.41. The van der Waals surface area contributed by atoms with Crippen LogP contribution in [0.1, 0.15) is 44.5 Å². The zero-order valence-electron chi connectivity index (χ0n) is 12.3. The predicted octanol–water partition coefficient (Wildman–Crippen LogP) is 2.28. The second kappa shape index (κ2) is 5.20. The van der Waals surface area contributed by atoms with Gasteiger partial charge in [0.25, 0.3) is 0 Å². The van der Waals surface area contributed by atoms with Gasteiger partial charge in [-0.3, -0.25) is 14.4 Å². The van der Waals surface area contributed by atoms with E-state index in [1.807, 2.05) is 0 Å². The number of rotatable bonds is 2. The van der Waals surface area contributed by atoms with E-state index in [0.29, 0.717) is 0 Å². The molecule has 6 heteroatoms. The number of Topliss-reactive ketones (excluding diaryl/α,β-unsaturated/α-hetero) is 1. The van der Waals surface area contributed by atoms with Crippen molar-refractivity contribution in [3.8, 4) is 17.2 Å². The van der Waals surface area contributed by atoms with Gasteiger partial charge in [-0.05, 0) is 13.8 Å². The molecule has 1 heterocycles. The number of ether oxygens (including phenoxy) is 3. The first kappa shape index (κ1) is 15.0. The maximum atomic E-state index is 12.3. The summed E-state index contributed by atoms with van der Waals surface area (Å²) in [4.78, 5) is 34.5. The van der Waals surface area contributed by atoms with Crippen LogP contribution >= 0.6 is 0 Å². The van der Waals surface area contributed by atoms with Gasteiger partial charge < -0.3 is 14.2 Å². The van der Waals surface area contributed by atoms with Crippen LogP contribution in [0.4, 0.5) is 0 Å². The van der Waals surface area contributed by atoms with Gasteiger partial charge in [0.05, 0.1) is 6.42 Å².